The van der Waals surface area contributed by atoms with Gasteiger partial charge < -0.3 is 0 Å². The highest BCUT2D eigenvalue weighted by molar-refractivity contribution is 7.99. The number of hydrogen-bond acceptors (Lipinski definition) is 2. The Hall–Kier alpha value is -0.970. The highest BCUT2D eigenvalue weighted by Gasteiger charge is 2.29. The number of alkyl halides is 2. The SMILES string of the molecule is CC(=NSC(C)(C)C)c1cccc(C(C)(F)F)c1F. The number of rotatable bonds is 3. The van der Waals surface area contributed by atoms with Crippen LogP contribution in [-0.2, 0) is 5.92 Å². The van der Waals surface area contributed by atoms with E-state index < -0.39 is 17.3 Å². The molecule has 0 heterocycles. The minimum absolute atomic E-state index is 0.107. The highest BCUT2D eigenvalue weighted by atomic mass is 32.2. The summed E-state index contributed by atoms with van der Waals surface area (Å²) in [6.07, 6.45) is 0. The van der Waals surface area contributed by atoms with Gasteiger partial charge >= 0.3 is 0 Å². The van der Waals surface area contributed by atoms with Crippen molar-refractivity contribution in [2.75, 3.05) is 0 Å². The molecule has 1 rings (SSSR count). The van der Waals surface area contributed by atoms with Crippen LogP contribution < -0.4 is 0 Å². The maximum atomic E-state index is 14.1. The van der Waals surface area contributed by atoms with E-state index in [1.165, 1.54) is 24.1 Å². The maximum absolute atomic E-state index is 14.1. The summed E-state index contributed by atoms with van der Waals surface area (Å²) in [4.78, 5) is 0. The fourth-order valence-corrected chi connectivity index (χ4v) is 1.91. The van der Waals surface area contributed by atoms with Crippen molar-refractivity contribution >= 4 is 17.7 Å². The normalized spacial score (nSPS) is 13.8. The molecule has 0 amide bonds. The van der Waals surface area contributed by atoms with Crippen molar-refractivity contribution in [1.29, 1.82) is 0 Å². The minimum Gasteiger partial charge on any atom is -0.220 e. The van der Waals surface area contributed by atoms with Crippen molar-refractivity contribution in [2.45, 2.75) is 45.3 Å². The molecule has 0 unspecified atom stereocenters. The van der Waals surface area contributed by atoms with E-state index in [0.29, 0.717) is 12.6 Å². The molecule has 0 radical (unpaired) electrons. The summed E-state index contributed by atoms with van der Waals surface area (Å²) >= 11 is 1.29. The second-order valence-electron chi connectivity index (χ2n) is 5.44. The smallest absolute Gasteiger partial charge is 0.220 e. The monoisotopic (exact) mass is 289 g/mol. The van der Waals surface area contributed by atoms with Crippen molar-refractivity contribution in [2.24, 2.45) is 4.40 Å². The highest BCUT2D eigenvalue weighted by Crippen LogP contribution is 2.31. The van der Waals surface area contributed by atoms with Crippen molar-refractivity contribution in [1.82, 2.24) is 0 Å². The first kappa shape index (κ1) is 16.1. The van der Waals surface area contributed by atoms with Crippen LogP contribution in [0.2, 0.25) is 0 Å². The third kappa shape index (κ3) is 4.56. The topological polar surface area (TPSA) is 12.4 Å². The summed E-state index contributed by atoms with van der Waals surface area (Å²) < 4.78 is 44.7. The maximum Gasteiger partial charge on any atom is 0.273 e. The summed E-state index contributed by atoms with van der Waals surface area (Å²) in [7, 11) is 0. The predicted molar refractivity (Wildman–Crippen MR) is 75.5 cm³/mol. The second-order valence-corrected chi connectivity index (χ2v) is 7.03. The van der Waals surface area contributed by atoms with Crippen LogP contribution in [-0.4, -0.2) is 10.5 Å². The van der Waals surface area contributed by atoms with Gasteiger partial charge in [-0.05, 0) is 39.6 Å². The lowest BCUT2D eigenvalue weighted by Crippen LogP contribution is -2.13. The molecular weight excluding hydrogens is 271 g/mol. The van der Waals surface area contributed by atoms with Crippen molar-refractivity contribution in [3.05, 3.63) is 35.1 Å². The Labute approximate surface area is 116 Å². The fraction of sp³-hybridized carbons (Fsp3) is 0.500. The zero-order chi connectivity index (χ0) is 14.8. The van der Waals surface area contributed by atoms with E-state index in [1.54, 1.807) is 6.92 Å². The van der Waals surface area contributed by atoms with Crippen molar-refractivity contribution < 1.29 is 13.2 Å². The van der Waals surface area contributed by atoms with Crippen LogP contribution in [0.4, 0.5) is 13.2 Å². The Bertz CT molecular complexity index is 484. The van der Waals surface area contributed by atoms with Gasteiger partial charge in [0.25, 0.3) is 5.92 Å². The van der Waals surface area contributed by atoms with Gasteiger partial charge in [-0.25, -0.2) is 17.6 Å². The van der Waals surface area contributed by atoms with Crippen LogP contribution in [0.5, 0.6) is 0 Å². The molecule has 0 bridgehead atoms. The average molecular weight is 289 g/mol. The molecule has 1 aromatic carbocycles. The Balaban J connectivity index is 3.15. The van der Waals surface area contributed by atoms with Crippen LogP contribution >= 0.6 is 11.9 Å². The molecule has 5 heteroatoms. The molecule has 19 heavy (non-hydrogen) atoms. The molecule has 0 saturated heterocycles. The first-order valence-corrected chi connectivity index (χ1v) is 6.69. The van der Waals surface area contributed by atoms with Gasteiger partial charge in [-0.2, -0.15) is 0 Å². The summed E-state index contributed by atoms with van der Waals surface area (Å²) in [6, 6.07) is 3.99. The molecular formula is C14H18F3NS. The molecule has 1 aromatic rings. The average Bonchev–Trinajstić information content (AvgIpc) is 2.23. The van der Waals surface area contributed by atoms with E-state index in [9.17, 15) is 13.2 Å². The Morgan fingerprint density at radius 1 is 1.16 bits per heavy atom. The first-order chi connectivity index (χ1) is 8.52. The number of halogens is 3. The van der Waals surface area contributed by atoms with Gasteiger partial charge in [0.15, 0.2) is 0 Å². The van der Waals surface area contributed by atoms with Gasteiger partial charge in [0.1, 0.15) is 5.82 Å². The standard InChI is InChI=1S/C14H18F3NS/c1-9(18-19-13(2,3)4)10-7-6-8-11(12(10)15)14(5,16)17/h6-8H,1-5H3. The largest absolute Gasteiger partial charge is 0.273 e. The lowest BCUT2D eigenvalue weighted by molar-refractivity contribution is 0.0137. The summed E-state index contributed by atoms with van der Waals surface area (Å²) in [5.74, 6) is -4.09. The third-order valence-electron chi connectivity index (χ3n) is 2.32. The van der Waals surface area contributed by atoms with Gasteiger partial charge in [0, 0.05) is 17.2 Å². The molecule has 0 aliphatic carbocycles. The van der Waals surface area contributed by atoms with Gasteiger partial charge in [-0.15, -0.1) is 0 Å². The van der Waals surface area contributed by atoms with Gasteiger partial charge in [-0.3, -0.25) is 0 Å². The van der Waals surface area contributed by atoms with E-state index >= 15 is 0 Å². The van der Waals surface area contributed by atoms with Gasteiger partial charge in [-0.1, -0.05) is 18.2 Å². The fourth-order valence-electron chi connectivity index (χ4n) is 1.41. The molecule has 0 N–H and O–H groups in total. The quantitative estimate of drug-likeness (QED) is 0.551. The minimum atomic E-state index is -3.20. The molecule has 0 aliphatic heterocycles. The lowest BCUT2D eigenvalue weighted by Gasteiger charge is -2.16. The van der Waals surface area contributed by atoms with E-state index in [2.05, 4.69) is 4.40 Å². The predicted octanol–water partition coefficient (Wildman–Crippen LogP) is 5.19. The van der Waals surface area contributed by atoms with Crippen LogP contribution in [0, 0.1) is 5.82 Å². The Kier molecular flexibility index (Phi) is 4.72. The molecule has 0 aromatic heterocycles. The van der Waals surface area contributed by atoms with Crippen LogP contribution in [0.3, 0.4) is 0 Å². The lowest BCUT2D eigenvalue weighted by atomic mass is 10.0. The van der Waals surface area contributed by atoms with Gasteiger partial charge in [0.2, 0.25) is 0 Å². The number of hydrogen-bond donors (Lipinski definition) is 0. The van der Waals surface area contributed by atoms with E-state index in [4.69, 9.17) is 0 Å². The third-order valence-corrected chi connectivity index (χ3v) is 3.23. The molecule has 0 atom stereocenters. The van der Waals surface area contributed by atoms with E-state index in [-0.39, 0.29) is 10.3 Å². The Morgan fingerprint density at radius 2 is 1.74 bits per heavy atom. The summed E-state index contributed by atoms with van der Waals surface area (Å²) in [5.41, 5.74) is -0.0698. The van der Waals surface area contributed by atoms with Crippen LogP contribution in [0.25, 0.3) is 0 Å². The molecule has 106 valence electrons. The second kappa shape index (κ2) is 5.57. The summed E-state index contributed by atoms with van der Waals surface area (Å²) in [5, 5.41) is 0. The Morgan fingerprint density at radius 3 is 2.21 bits per heavy atom. The summed E-state index contributed by atoms with van der Waals surface area (Å²) in [6.45, 7) is 8.23. The van der Waals surface area contributed by atoms with E-state index in [1.807, 2.05) is 20.8 Å². The van der Waals surface area contributed by atoms with E-state index in [0.717, 1.165) is 6.07 Å². The molecule has 0 spiro atoms. The van der Waals surface area contributed by atoms with Gasteiger partial charge in [0.05, 0.1) is 11.3 Å². The van der Waals surface area contributed by atoms with Crippen LogP contribution in [0.1, 0.15) is 45.7 Å². The first-order valence-electron chi connectivity index (χ1n) is 5.92. The molecule has 0 saturated carbocycles. The zero-order valence-corrected chi connectivity index (χ0v) is 12.5. The number of benzene rings is 1. The molecule has 1 nitrogen and oxygen atoms in total. The number of nitrogens with zero attached hydrogens (tertiary/aromatic N) is 1. The molecule has 0 aliphatic rings. The van der Waals surface area contributed by atoms with Crippen molar-refractivity contribution in [3.8, 4) is 0 Å². The zero-order valence-electron chi connectivity index (χ0n) is 11.7. The van der Waals surface area contributed by atoms with Crippen LogP contribution in [0.15, 0.2) is 22.6 Å². The molecule has 0 fully saturated rings. The van der Waals surface area contributed by atoms with Crippen molar-refractivity contribution in [3.63, 3.8) is 0 Å².